The maximum absolute atomic E-state index is 13.4. The summed E-state index contributed by atoms with van der Waals surface area (Å²) in [6.45, 7) is 2.33. The molecule has 0 saturated carbocycles. The van der Waals surface area contributed by atoms with Crippen molar-refractivity contribution in [3.63, 3.8) is 0 Å². The molecule has 4 aromatic heterocycles. The van der Waals surface area contributed by atoms with Gasteiger partial charge in [-0.25, -0.2) is 46.5 Å². The van der Waals surface area contributed by atoms with E-state index < -0.39 is 15.7 Å². The van der Waals surface area contributed by atoms with Gasteiger partial charge in [0.25, 0.3) is 11.1 Å². The Morgan fingerprint density at radius 1 is 0.643 bits per heavy atom. The fourth-order valence-electron chi connectivity index (χ4n) is 6.99. The van der Waals surface area contributed by atoms with Crippen LogP contribution in [-0.2, 0) is 36.0 Å². The van der Waals surface area contributed by atoms with E-state index in [0.717, 1.165) is 11.9 Å². The topological polar surface area (TPSA) is 146 Å². The average Bonchev–Trinajstić information content (AvgIpc) is 3.93. The second-order valence-corrected chi connectivity index (χ2v) is 16.7. The first-order valence-corrected chi connectivity index (χ1v) is 20.7. The molecule has 6 aromatic rings. The van der Waals surface area contributed by atoms with Crippen LogP contribution in [0, 0.1) is 11.6 Å². The van der Waals surface area contributed by atoms with Gasteiger partial charge in [0.1, 0.15) is 11.6 Å². The first kappa shape index (κ1) is 39.0. The summed E-state index contributed by atoms with van der Waals surface area (Å²) in [5, 5.41) is 0.336. The van der Waals surface area contributed by atoms with E-state index in [9.17, 15) is 26.8 Å². The molecule has 0 aliphatic carbocycles. The molecule has 0 saturated heterocycles. The lowest BCUT2D eigenvalue weighted by atomic mass is 10.0. The van der Waals surface area contributed by atoms with E-state index in [4.69, 9.17) is 0 Å². The average molecular weight is 803 g/mol. The summed E-state index contributed by atoms with van der Waals surface area (Å²) >= 11 is 1.45. The van der Waals surface area contributed by atoms with Gasteiger partial charge >= 0.3 is 0 Å². The zero-order valence-electron chi connectivity index (χ0n) is 31.6. The monoisotopic (exact) mass is 802 g/mol. The summed E-state index contributed by atoms with van der Waals surface area (Å²) in [5.74, 6) is -0.734. The van der Waals surface area contributed by atoms with Crippen molar-refractivity contribution in [2.75, 3.05) is 40.7 Å². The van der Waals surface area contributed by atoms with Crippen LogP contribution in [0.4, 0.5) is 8.78 Å². The number of sulfone groups is 1. The number of thioether (sulfide) groups is 1. The third kappa shape index (κ3) is 7.36. The van der Waals surface area contributed by atoms with Gasteiger partial charge in [-0.15, -0.1) is 0 Å². The molecule has 6 heterocycles. The van der Waals surface area contributed by atoms with E-state index in [-0.39, 0.29) is 34.2 Å². The highest BCUT2D eigenvalue weighted by Gasteiger charge is 2.33. The Balaban J connectivity index is 0.000000172. The van der Waals surface area contributed by atoms with Crippen molar-refractivity contribution in [2.24, 2.45) is 0 Å². The highest BCUT2D eigenvalue weighted by Crippen LogP contribution is 2.34. The summed E-state index contributed by atoms with van der Waals surface area (Å²) in [6.07, 6.45) is 6.01. The molecule has 2 unspecified atom stereocenters. The fraction of sp³-hybridized carbons (Fsp3) is 0.316. The summed E-state index contributed by atoms with van der Waals surface area (Å²) in [5.41, 5.74) is 4.13. The minimum atomic E-state index is -3.62. The van der Waals surface area contributed by atoms with E-state index in [2.05, 4.69) is 24.8 Å². The van der Waals surface area contributed by atoms with Gasteiger partial charge in [0, 0.05) is 30.7 Å². The number of likely N-dealkylation sites (N-methyl/N-ethyl adjacent to an activating group) is 2. The van der Waals surface area contributed by atoms with Crippen LogP contribution in [0.3, 0.4) is 0 Å². The number of rotatable bonds is 8. The number of fused-ring (bicyclic) bond motifs is 2. The number of hydrogen-bond donors (Lipinski definition) is 0. The van der Waals surface area contributed by atoms with E-state index in [1.165, 1.54) is 54.4 Å². The third-order valence-electron chi connectivity index (χ3n) is 10.00. The van der Waals surface area contributed by atoms with Crippen LogP contribution >= 0.6 is 11.8 Å². The van der Waals surface area contributed by atoms with Crippen LogP contribution in [0.1, 0.15) is 0 Å². The van der Waals surface area contributed by atoms with Crippen LogP contribution in [-0.4, -0.2) is 110 Å². The quantitative estimate of drug-likeness (QED) is 0.164. The van der Waals surface area contributed by atoms with Crippen molar-refractivity contribution in [1.29, 1.82) is 0 Å². The molecule has 56 heavy (non-hydrogen) atoms. The second-order valence-electron chi connectivity index (χ2n) is 14.1. The van der Waals surface area contributed by atoms with Crippen LogP contribution in [0.25, 0.3) is 45.0 Å². The van der Waals surface area contributed by atoms with Crippen LogP contribution < -0.4 is 11.1 Å². The Morgan fingerprint density at radius 3 is 1.46 bits per heavy atom. The SMILES string of the molecule is CN(C)C1Cn2c(-c3ccnc(S(C)(=O)=O)n3)c(-c3ccc(F)cc3)c(=O)n2C1.CSc1nccc(-c2c(-c3ccc(F)cc3)c(=O)n3n2CC(N(C)C)C3)n1. The number of halogens is 2. The molecule has 0 bridgehead atoms. The Hall–Kier alpha value is -5.30. The molecule has 8 rings (SSSR count). The van der Waals surface area contributed by atoms with Gasteiger partial charge in [0.2, 0.25) is 15.0 Å². The summed E-state index contributed by atoms with van der Waals surface area (Å²) < 4.78 is 57.9. The van der Waals surface area contributed by atoms with Crippen LogP contribution in [0.5, 0.6) is 0 Å². The fourth-order valence-corrected chi connectivity index (χ4v) is 7.86. The summed E-state index contributed by atoms with van der Waals surface area (Å²) in [6, 6.07) is 15.4. The molecule has 0 fully saturated rings. The van der Waals surface area contributed by atoms with Crippen LogP contribution in [0.15, 0.2) is 93.0 Å². The summed E-state index contributed by atoms with van der Waals surface area (Å²) in [4.78, 5) is 47.6. The van der Waals surface area contributed by atoms with Gasteiger partial charge < -0.3 is 9.80 Å². The predicted octanol–water partition coefficient (Wildman–Crippen LogP) is 3.84. The molecule has 14 nitrogen and oxygen atoms in total. The normalized spacial score (nSPS) is 16.2. The highest BCUT2D eigenvalue weighted by atomic mass is 32.2. The maximum Gasteiger partial charge on any atom is 0.275 e. The smallest absolute Gasteiger partial charge is 0.275 e. The van der Waals surface area contributed by atoms with Gasteiger partial charge in [-0.1, -0.05) is 36.0 Å². The minimum Gasteiger partial charge on any atom is -0.303 e. The van der Waals surface area contributed by atoms with Gasteiger partial charge in [-0.05, 0) is 82.0 Å². The standard InChI is InChI=1S/C19H20FN5O3S.C19H20FN5OS/c1-23(2)14-10-24-17(15-8-9-21-19(22-15)29(3,27)28)16(18(26)25(24)11-14)12-4-6-13(20)7-5-12;1-23(2)14-10-24-17(15-8-9-21-19(22-15)27-3)16(18(26)25(24)11-14)12-4-6-13(20)7-5-12/h4-9,14H,10-11H2,1-3H3;4-9,14H,10-11H2,1-3H3. The molecule has 0 spiro atoms. The number of nitrogens with zero attached hydrogens (tertiary/aromatic N) is 10. The largest absolute Gasteiger partial charge is 0.303 e. The lowest BCUT2D eigenvalue weighted by Crippen LogP contribution is -2.31. The molecule has 0 N–H and O–H groups in total. The van der Waals surface area contributed by atoms with E-state index in [1.807, 2.05) is 54.8 Å². The van der Waals surface area contributed by atoms with Crippen molar-refractivity contribution < 1.29 is 17.2 Å². The number of aromatic nitrogens is 8. The number of hydrogen-bond acceptors (Lipinski definition) is 11. The molecule has 2 aliphatic rings. The minimum absolute atomic E-state index is 0.0785. The zero-order valence-corrected chi connectivity index (χ0v) is 33.2. The summed E-state index contributed by atoms with van der Waals surface area (Å²) in [7, 11) is 4.28. The van der Waals surface area contributed by atoms with E-state index in [0.29, 0.717) is 70.7 Å². The molecule has 18 heteroatoms. The molecular formula is C38H40F2N10O4S2. The number of benzene rings is 2. The Morgan fingerprint density at radius 2 is 1.05 bits per heavy atom. The lowest BCUT2D eigenvalue weighted by molar-refractivity contribution is 0.283. The first-order chi connectivity index (χ1) is 26.7. The molecule has 292 valence electrons. The van der Waals surface area contributed by atoms with E-state index in [1.54, 1.807) is 33.8 Å². The third-order valence-corrected chi connectivity index (χ3v) is 11.4. The van der Waals surface area contributed by atoms with Crippen molar-refractivity contribution >= 4 is 21.6 Å². The Kier molecular flexibility index (Phi) is 10.7. The van der Waals surface area contributed by atoms with Crippen molar-refractivity contribution in [3.8, 4) is 45.0 Å². The second kappa shape index (κ2) is 15.3. The van der Waals surface area contributed by atoms with Crippen molar-refractivity contribution in [3.05, 3.63) is 105 Å². The van der Waals surface area contributed by atoms with Crippen molar-refractivity contribution in [1.82, 2.24) is 48.5 Å². The van der Waals surface area contributed by atoms with E-state index >= 15 is 0 Å². The Labute approximate surface area is 326 Å². The highest BCUT2D eigenvalue weighted by molar-refractivity contribution is 7.98. The lowest BCUT2D eigenvalue weighted by Gasteiger charge is -2.17. The molecular weight excluding hydrogens is 763 g/mol. The van der Waals surface area contributed by atoms with Gasteiger partial charge in [-0.3, -0.25) is 19.0 Å². The zero-order chi connectivity index (χ0) is 40.1. The molecule has 0 radical (unpaired) electrons. The maximum atomic E-state index is 13.4. The van der Waals surface area contributed by atoms with Crippen molar-refractivity contribution in [2.45, 2.75) is 48.6 Å². The Bertz CT molecular complexity index is 2650. The first-order valence-electron chi connectivity index (χ1n) is 17.6. The molecule has 2 atom stereocenters. The van der Waals surface area contributed by atoms with Gasteiger partial charge in [-0.2, -0.15) is 0 Å². The molecule has 0 amide bonds. The van der Waals surface area contributed by atoms with Gasteiger partial charge in [0.15, 0.2) is 5.16 Å². The predicted molar refractivity (Wildman–Crippen MR) is 210 cm³/mol. The van der Waals surface area contributed by atoms with Crippen LogP contribution in [0.2, 0.25) is 0 Å². The van der Waals surface area contributed by atoms with Gasteiger partial charge in [0.05, 0.1) is 60.1 Å². The molecule has 2 aliphatic heterocycles. The molecule has 2 aromatic carbocycles.